The summed E-state index contributed by atoms with van der Waals surface area (Å²) < 4.78 is 0. The summed E-state index contributed by atoms with van der Waals surface area (Å²) in [4.78, 5) is 10.4. The number of halogens is 5. The number of aliphatic carboxylic acids is 1. The van der Waals surface area contributed by atoms with Crippen molar-refractivity contribution < 1.29 is 12.8 Å². The molecule has 0 radical (unpaired) electrons. The standard InChI is InChI=1S/C9H3Cl5O2.Ca.2H/c10-5-3(1-2-4(15)16)6(11)8(13)9(14)7(5)12;;;/h1-2H,(H,15,16);;;/q;+2;2*-1/b2-1+;;;. The molecule has 0 aliphatic heterocycles. The van der Waals surface area contributed by atoms with Gasteiger partial charge in [-0.3, -0.25) is 0 Å². The average Bonchev–Trinajstić information content (AvgIpc) is 2.23. The topological polar surface area (TPSA) is 37.3 Å². The molecule has 0 aromatic heterocycles. The van der Waals surface area contributed by atoms with Crippen LogP contribution in [0.25, 0.3) is 6.08 Å². The van der Waals surface area contributed by atoms with Gasteiger partial charge in [0.2, 0.25) is 0 Å². The second-order valence-corrected chi connectivity index (χ2v) is 4.54. The molecule has 8 heteroatoms. The minimum atomic E-state index is -1.14. The van der Waals surface area contributed by atoms with Crippen molar-refractivity contribution in [3.05, 3.63) is 36.8 Å². The first-order valence-corrected chi connectivity index (χ1v) is 5.67. The van der Waals surface area contributed by atoms with Crippen LogP contribution < -0.4 is 0 Å². The van der Waals surface area contributed by atoms with Crippen molar-refractivity contribution in [2.75, 3.05) is 0 Å². The second-order valence-electron chi connectivity index (χ2n) is 2.66. The molecule has 0 saturated carbocycles. The zero-order chi connectivity index (χ0) is 12.5. The van der Waals surface area contributed by atoms with E-state index < -0.39 is 5.97 Å². The quantitative estimate of drug-likeness (QED) is 0.352. The molecule has 1 aromatic rings. The Morgan fingerprint density at radius 3 is 1.65 bits per heavy atom. The fraction of sp³-hybridized carbons (Fsp3) is 0. The Kier molecular flexibility index (Phi) is 8.18. The number of carbonyl (C=O) groups is 1. The van der Waals surface area contributed by atoms with E-state index in [0.29, 0.717) is 0 Å². The molecule has 0 saturated heterocycles. The third-order valence-electron chi connectivity index (χ3n) is 1.64. The Labute approximate surface area is 155 Å². The van der Waals surface area contributed by atoms with Gasteiger partial charge in [-0.15, -0.1) is 0 Å². The van der Waals surface area contributed by atoms with Crippen molar-refractivity contribution in [3.63, 3.8) is 0 Å². The van der Waals surface area contributed by atoms with Crippen LogP contribution in [0.3, 0.4) is 0 Å². The van der Waals surface area contributed by atoms with Gasteiger partial charge in [-0.05, 0) is 6.08 Å². The van der Waals surface area contributed by atoms with E-state index in [1.54, 1.807) is 0 Å². The van der Waals surface area contributed by atoms with E-state index in [-0.39, 0.29) is 71.3 Å². The van der Waals surface area contributed by atoms with E-state index in [4.69, 9.17) is 63.1 Å². The molecule has 1 N–H and O–H groups in total. The van der Waals surface area contributed by atoms with E-state index in [0.717, 1.165) is 6.08 Å². The predicted molar refractivity (Wildman–Crippen MR) is 76.1 cm³/mol. The molecule has 0 aliphatic carbocycles. The average molecular weight is 362 g/mol. The zero-order valence-electron chi connectivity index (χ0n) is 10.1. The maximum atomic E-state index is 10.4. The van der Waals surface area contributed by atoms with Crippen LogP contribution in [0.4, 0.5) is 0 Å². The largest absolute Gasteiger partial charge is 2.00 e. The maximum Gasteiger partial charge on any atom is 2.00 e. The Hall–Kier alpha value is 1.14. The van der Waals surface area contributed by atoms with Crippen molar-refractivity contribution in [2.45, 2.75) is 0 Å². The summed E-state index contributed by atoms with van der Waals surface area (Å²) in [6.45, 7) is 0. The molecule has 0 heterocycles. The van der Waals surface area contributed by atoms with Gasteiger partial charge in [0.1, 0.15) is 0 Å². The Morgan fingerprint density at radius 1 is 0.941 bits per heavy atom. The van der Waals surface area contributed by atoms with E-state index in [1.165, 1.54) is 6.08 Å². The van der Waals surface area contributed by atoms with Crippen LogP contribution in [-0.4, -0.2) is 48.8 Å². The first-order valence-electron chi connectivity index (χ1n) is 3.78. The first-order chi connectivity index (χ1) is 7.36. The minimum Gasteiger partial charge on any atom is -1.00 e. The van der Waals surface area contributed by atoms with E-state index in [9.17, 15) is 4.79 Å². The normalized spacial score (nSPS) is 10.4. The van der Waals surface area contributed by atoms with E-state index >= 15 is 0 Å². The zero-order valence-corrected chi connectivity index (χ0v) is 14.1. The number of benzene rings is 1. The molecule has 1 rings (SSSR count). The van der Waals surface area contributed by atoms with Gasteiger partial charge in [0.05, 0.1) is 25.1 Å². The summed E-state index contributed by atoms with van der Waals surface area (Å²) in [6, 6.07) is 0. The third-order valence-corrected chi connectivity index (χ3v) is 3.94. The number of rotatable bonds is 2. The van der Waals surface area contributed by atoms with Crippen LogP contribution >= 0.6 is 58.0 Å². The van der Waals surface area contributed by atoms with Crippen molar-refractivity contribution in [1.29, 1.82) is 0 Å². The summed E-state index contributed by atoms with van der Waals surface area (Å²) in [5.41, 5.74) is 0.213. The van der Waals surface area contributed by atoms with E-state index in [1.807, 2.05) is 0 Å². The monoisotopic (exact) mass is 360 g/mol. The maximum absolute atomic E-state index is 10.4. The van der Waals surface area contributed by atoms with Gasteiger partial charge < -0.3 is 7.96 Å². The van der Waals surface area contributed by atoms with Crippen LogP contribution in [0.2, 0.25) is 25.1 Å². The molecule has 0 unspecified atom stereocenters. The van der Waals surface area contributed by atoms with E-state index in [2.05, 4.69) is 0 Å². The third kappa shape index (κ3) is 4.32. The fourth-order valence-electron chi connectivity index (χ4n) is 0.923. The predicted octanol–water partition coefficient (Wildman–Crippen LogP) is 4.90. The van der Waals surface area contributed by atoms with Crippen LogP contribution in [0.5, 0.6) is 0 Å². The van der Waals surface area contributed by atoms with Crippen molar-refractivity contribution in [1.82, 2.24) is 0 Å². The van der Waals surface area contributed by atoms with Gasteiger partial charge in [0, 0.05) is 11.6 Å². The summed E-state index contributed by atoms with van der Waals surface area (Å²) in [5, 5.41) is 8.69. The molecule has 2 nitrogen and oxygen atoms in total. The van der Waals surface area contributed by atoms with Gasteiger partial charge >= 0.3 is 43.7 Å². The number of carboxylic acid groups (broad SMARTS) is 1. The van der Waals surface area contributed by atoms with Gasteiger partial charge in [0.25, 0.3) is 0 Å². The van der Waals surface area contributed by atoms with Crippen LogP contribution in [0.15, 0.2) is 6.08 Å². The minimum absolute atomic E-state index is 0. The van der Waals surface area contributed by atoms with Crippen molar-refractivity contribution in [2.24, 2.45) is 0 Å². The molecule has 0 amide bonds. The van der Waals surface area contributed by atoms with Crippen LogP contribution in [-0.2, 0) is 4.79 Å². The van der Waals surface area contributed by atoms with Crippen LogP contribution in [0, 0.1) is 0 Å². The van der Waals surface area contributed by atoms with Crippen LogP contribution in [0.1, 0.15) is 8.42 Å². The molecule has 17 heavy (non-hydrogen) atoms. The Bertz CT molecular complexity index is 467. The first kappa shape index (κ1) is 18.1. The SMILES string of the molecule is O=C(O)/C=C/c1c(Cl)c(Cl)c(Cl)c(Cl)c1Cl.[Ca+2].[H-].[H-]. The molecular formula is C9H5CaCl5O2. The molecule has 0 atom stereocenters. The molecule has 90 valence electrons. The van der Waals surface area contributed by atoms with Gasteiger partial charge in [-0.2, -0.15) is 0 Å². The van der Waals surface area contributed by atoms with Crippen molar-refractivity contribution >= 4 is 108 Å². The Balaban J connectivity index is -0.000000853. The molecular weight excluding hydrogens is 357 g/mol. The number of hydrogen-bond acceptors (Lipinski definition) is 1. The summed E-state index contributed by atoms with van der Waals surface area (Å²) in [6.07, 6.45) is 2.06. The fourth-order valence-corrected chi connectivity index (χ4v) is 2.20. The van der Waals surface area contributed by atoms with Gasteiger partial charge in [0.15, 0.2) is 0 Å². The molecule has 0 fully saturated rings. The molecule has 0 spiro atoms. The van der Waals surface area contributed by atoms with Crippen molar-refractivity contribution in [3.8, 4) is 0 Å². The second kappa shape index (κ2) is 7.66. The van der Waals surface area contributed by atoms with Gasteiger partial charge in [-0.25, -0.2) is 4.79 Å². The molecule has 1 aromatic carbocycles. The van der Waals surface area contributed by atoms with Gasteiger partial charge in [-0.1, -0.05) is 58.0 Å². The number of carboxylic acids is 1. The Morgan fingerprint density at radius 2 is 1.29 bits per heavy atom. The molecule has 0 bridgehead atoms. The summed E-state index contributed by atoms with van der Waals surface area (Å²) >= 11 is 29.0. The number of hydrogen-bond donors (Lipinski definition) is 1. The summed E-state index contributed by atoms with van der Waals surface area (Å²) in [5.74, 6) is -1.14. The summed E-state index contributed by atoms with van der Waals surface area (Å²) in [7, 11) is 0. The smallest absolute Gasteiger partial charge is 1.00 e. The molecule has 0 aliphatic rings.